The Morgan fingerprint density at radius 3 is 2.00 bits per heavy atom. The van der Waals surface area contributed by atoms with E-state index in [9.17, 15) is 9.59 Å². The molecule has 0 aromatic heterocycles. The summed E-state index contributed by atoms with van der Waals surface area (Å²) in [6.07, 6.45) is 3.03. The highest BCUT2D eigenvalue weighted by atomic mass is 16.2. The first kappa shape index (κ1) is 26.9. The van der Waals surface area contributed by atoms with Crippen molar-refractivity contribution >= 4 is 17.6 Å². The summed E-state index contributed by atoms with van der Waals surface area (Å²) in [6.45, 7) is 1.43. The molecule has 0 saturated heterocycles. The molecule has 7 heteroatoms. The Hall–Kier alpha value is -3.68. The van der Waals surface area contributed by atoms with Gasteiger partial charge >= 0.3 is 6.03 Å². The van der Waals surface area contributed by atoms with Crippen LogP contribution < -0.4 is 27.0 Å². The summed E-state index contributed by atoms with van der Waals surface area (Å²) in [5.41, 5.74) is 8.60. The van der Waals surface area contributed by atoms with Gasteiger partial charge in [0.2, 0.25) is 5.91 Å². The van der Waals surface area contributed by atoms with Crippen molar-refractivity contribution in [3.63, 3.8) is 0 Å². The Labute approximate surface area is 213 Å². The third kappa shape index (κ3) is 9.90. The first-order chi connectivity index (χ1) is 17.6. The van der Waals surface area contributed by atoms with E-state index in [1.54, 1.807) is 0 Å². The van der Waals surface area contributed by atoms with E-state index < -0.39 is 6.04 Å². The Bertz CT molecular complexity index is 1030. The van der Waals surface area contributed by atoms with Crippen LogP contribution in [0.5, 0.6) is 0 Å². The quantitative estimate of drug-likeness (QED) is 0.223. The monoisotopic (exact) mass is 487 g/mol. The van der Waals surface area contributed by atoms with Crippen LogP contribution in [0.1, 0.15) is 30.4 Å². The first-order valence-electron chi connectivity index (χ1n) is 12.6. The number of nitrogens with one attached hydrogen (secondary N) is 4. The summed E-state index contributed by atoms with van der Waals surface area (Å²) < 4.78 is 0. The minimum absolute atomic E-state index is 0.0531. The van der Waals surface area contributed by atoms with Gasteiger partial charge in [-0.15, -0.1) is 0 Å². The smallest absolute Gasteiger partial charge is 0.319 e. The summed E-state index contributed by atoms with van der Waals surface area (Å²) in [7, 11) is 0. The number of nitrogens with two attached hydrogens (primary N) is 1. The molecule has 3 aromatic carbocycles. The number of unbranched alkanes of at least 4 members (excludes halogenated alkanes) is 1. The van der Waals surface area contributed by atoms with Gasteiger partial charge in [-0.05, 0) is 49.1 Å². The van der Waals surface area contributed by atoms with Crippen LogP contribution in [0.15, 0.2) is 91.0 Å². The number of urea groups is 1. The average molecular weight is 488 g/mol. The van der Waals surface area contributed by atoms with Crippen molar-refractivity contribution in [1.29, 1.82) is 0 Å². The van der Waals surface area contributed by atoms with Crippen molar-refractivity contribution in [3.8, 4) is 0 Å². The SMILES string of the molecule is NCCCC[C@H](N[C@H](CNC(=O)Nc1ccccc1)Cc1ccccc1)C(=O)NCc1ccccc1. The number of para-hydroxylation sites is 1. The average Bonchev–Trinajstić information content (AvgIpc) is 2.91. The number of anilines is 1. The van der Waals surface area contributed by atoms with E-state index in [2.05, 4.69) is 33.4 Å². The molecule has 3 amide bonds. The third-order valence-corrected chi connectivity index (χ3v) is 5.88. The number of carbonyl (C=O) groups excluding carboxylic acids is 2. The van der Waals surface area contributed by atoms with Gasteiger partial charge in [0.05, 0.1) is 6.04 Å². The Morgan fingerprint density at radius 2 is 1.36 bits per heavy atom. The van der Waals surface area contributed by atoms with Gasteiger partial charge < -0.3 is 27.0 Å². The van der Waals surface area contributed by atoms with Crippen molar-refractivity contribution in [1.82, 2.24) is 16.0 Å². The molecule has 36 heavy (non-hydrogen) atoms. The van der Waals surface area contributed by atoms with Crippen LogP contribution in [-0.2, 0) is 17.8 Å². The molecule has 0 aliphatic carbocycles. The lowest BCUT2D eigenvalue weighted by Gasteiger charge is -2.26. The molecule has 7 nitrogen and oxygen atoms in total. The molecule has 0 spiro atoms. The molecule has 6 N–H and O–H groups in total. The van der Waals surface area contributed by atoms with Crippen LogP contribution in [0.4, 0.5) is 10.5 Å². The van der Waals surface area contributed by atoms with Gasteiger partial charge in [0.15, 0.2) is 0 Å². The number of amides is 3. The molecule has 0 aliphatic heterocycles. The maximum atomic E-state index is 13.2. The largest absolute Gasteiger partial charge is 0.351 e. The van der Waals surface area contributed by atoms with Gasteiger partial charge in [0, 0.05) is 24.8 Å². The van der Waals surface area contributed by atoms with Gasteiger partial charge in [0.25, 0.3) is 0 Å². The lowest BCUT2D eigenvalue weighted by Crippen LogP contribution is -2.52. The van der Waals surface area contributed by atoms with Gasteiger partial charge in [0.1, 0.15) is 0 Å². The second-order valence-electron chi connectivity index (χ2n) is 8.79. The highest BCUT2D eigenvalue weighted by Crippen LogP contribution is 2.09. The van der Waals surface area contributed by atoms with Gasteiger partial charge in [-0.3, -0.25) is 4.79 Å². The zero-order valence-corrected chi connectivity index (χ0v) is 20.7. The minimum atomic E-state index is -0.395. The molecule has 0 saturated carbocycles. The predicted molar refractivity (Wildman–Crippen MR) is 146 cm³/mol. The van der Waals surface area contributed by atoms with E-state index in [1.165, 1.54) is 0 Å². The van der Waals surface area contributed by atoms with E-state index in [-0.39, 0.29) is 18.0 Å². The van der Waals surface area contributed by atoms with E-state index >= 15 is 0 Å². The molecule has 0 unspecified atom stereocenters. The van der Waals surface area contributed by atoms with Crippen LogP contribution in [-0.4, -0.2) is 37.1 Å². The van der Waals surface area contributed by atoms with E-state index in [0.29, 0.717) is 32.5 Å². The molecule has 3 rings (SSSR count). The molecule has 2 atom stereocenters. The van der Waals surface area contributed by atoms with Crippen LogP contribution in [0.3, 0.4) is 0 Å². The van der Waals surface area contributed by atoms with Crippen LogP contribution >= 0.6 is 0 Å². The Balaban J connectivity index is 1.65. The lowest BCUT2D eigenvalue weighted by atomic mass is 10.0. The van der Waals surface area contributed by atoms with Gasteiger partial charge in [-0.1, -0.05) is 85.3 Å². The number of benzene rings is 3. The molecule has 190 valence electrons. The molecule has 0 fully saturated rings. The van der Waals surface area contributed by atoms with Crippen LogP contribution in [0.2, 0.25) is 0 Å². The number of carbonyl (C=O) groups is 2. The number of hydrogen-bond donors (Lipinski definition) is 5. The van der Waals surface area contributed by atoms with E-state index in [4.69, 9.17) is 5.73 Å². The Morgan fingerprint density at radius 1 is 0.750 bits per heavy atom. The minimum Gasteiger partial charge on any atom is -0.351 e. The van der Waals surface area contributed by atoms with Gasteiger partial charge in [-0.25, -0.2) is 4.79 Å². The standard InChI is InChI=1S/C29H37N5O2/c30-19-11-10-18-27(28(35)31-21-24-14-6-2-7-15-24)33-26(20-23-12-4-1-5-13-23)22-32-29(36)34-25-16-8-3-9-17-25/h1-9,12-17,26-27,33H,10-11,18-22,30H2,(H,31,35)(H2,32,34,36)/t26-,27-/m0/s1. The molecular formula is C29H37N5O2. The van der Waals surface area contributed by atoms with E-state index in [1.807, 2.05) is 78.9 Å². The predicted octanol–water partition coefficient (Wildman–Crippen LogP) is 3.82. The Kier molecular flexibility index (Phi) is 11.5. The van der Waals surface area contributed by atoms with Crippen molar-refractivity contribution in [2.24, 2.45) is 5.73 Å². The number of rotatable bonds is 14. The lowest BCUT2D eigenvalue weighted by molar-refractivity contribution is -0.123. The molecule has 0 aliphatic rings. The summed E-state index contributed by atoms with van der Waals surface area (Å²) in [5, 5.41) is 12.4. The van der Waals surface area contributed by atoms with Crippen molar-refractivity contribution in [3.05, 3.63) is 102 Å². The molecule has 0 bridgehead atoms. The molecule has 3 aromatic rings. The molecule has 0 heterocycles. The molecule has 0 radical (unpaired) electrons. The van der Waals surface area contributed by atoms with Crippen LogP contribution in [0.25, 0.3) is 0 Å². The summed E-state index contributed by atoms with van der Waals surface area (Å²) >= 11 is 0. The van der Waals surface area contributed by atoms with Crippen LogP contribution in [0, 0.1) is 0 Å². The fourth-order valence-electron chi connectivity index (χ4n) is 3.98. The second kappa shape index (κ2) is 15.3. The zero-order valence-electron chi connectivity index (χ0n) is 20.7. The summed E-state index contributed by atoms with van der Waals surface area (Å²) in [6, 6.07) is 28.4. The fraction of sp³-hybridized carbons (Fsp3) is 0.310. The highest BCUT2D eigenvalue weighted by Gasteiger charge is 2.22. The second-order valence-corrected chi connectivity index (χ2v) is 8.79. The zero-order chi connectivity index (χ0) is 25.4. The highest BCUT2D eigenvalue weighted by molar-refractivity contribution is 5.89. The summed E-state index contributed by atoms with van der Waals surface area (Å²) in [4.78, 5) is 25.7. The van der Waals surface area contributed by atoms with Gasteiger partial charge in [-0.2, -0.15) is 0 Å². The summed E-state index contributed by atoms with van der Waals surface area (Å²) in [5.74, 6) is -0.0531. The van der Waals surface area contributed by atoms with E-state index in [0.717, 1.165) is 29.7 Å². The maximum Gasteiger partial charge on any atom is 0.319 e. The topological polar surface area (TPSA) is 108 Å². The van der Waals surface area contributed by atoms with Crippen molar-refractivity contribution in [2.45, 2.75) is 44.3 Å². The maximum absolute atomic E-state index is 13.2. The molecular weight excluding hydrogens is 450 g/mol. The third-order valence-electron chi connectivity index (χ3n) is 5.88. The first-order valence-corrected chi connectivity index (χ1v) is 12.6. The number of hydrogen-bond acceptors (Lipinski definition) is 4. The van der Waals surface area contributed by atoms with Crippen molar-refractivity contribution in [2.75, 3.05) is 18.4 Å². The normalized spacial score (nSPS) is 12.4. The fourth-order valence-corrected chi connectivity index (χ4v) is 3.98. The van der Waals surface area contributed by atoms with Crippen molar-refractivity contribution < 1.29 is 9.59 Å².